The Kier molecular flexibility index (Phi) is 5.41. The Morgan fingerprint density at radius 2 is 1.81 bits per heavy atom. The van der Waals surface area contributed by atoms with Gasteiger partial charge in [-0.15, -0.1) is 10.2 Å². The molecular weight excluding hydrogens is 360 g/mol. The van der Waals surface area contributed by atoms with E-state index < -0.39 is 0 Å². The number of aromatic nitrogens is 2. The SMILES string of the molecule is Cc1ccccc1NC1CCN(Cc2nnc(-c3ccc(Cl)cc3)o2)CC1. The fraction of sp³-hybridized carbons (Fsp3) is 0.333. The van der Waals surface area contributed by atoms with E-state index in [1.807, 2.05) is 24.3 Å². The fourth-order valence-electron chi connectivity index (χ4n) is 3.41. The summed E-state index contributed by atoms with van der Waals surface area (Å²) in [7, 11) is 0. The van der Waals surface area contributed by atoms with Gasteiger partial charge >= 0.3 is 0 Å². The topological polar surface area (TPSA) is 54.2 Å². The molecule has 2 aromatic carbocycles. The number of nitrogens with one attached hydrogen (secondary N) is 1. The van der Waals surface area contributed by atoms with E-state index in [-0.39, 0.29) is 0 Å². The molecule has 0 aliphatic carbocycles. The normalized spacial score (nSPS) is 15.8. The summed E-state index contributed by atoms with van der Waals surface area (Å²) in [5.41, 5.74) is 3.42. The van der Waals surface area contributed by atoms with Crippen LogP contribution in [0.4, 0.5) is 5.69 Å². The van der Waals surface area contributed by atoms with Gasteiger partial charge in [0, 0.05) is 35.4 Å². The molecule has 1 aliphatic heterocycles. The summed E-state index contributed by atoms with van der Waals surface area (Å²) in [5, 5.41) is 12.7. The van der Waals surface area contributed by atoms with E-state index in [0.29, 0.717) is 29.4 Å². The molecule has 1 N–H and O–H groups in total. The van der Waals surface area contributed by atoms with E-state index in [2.05, 4.69) is 51.6 Å². The number of para-hydroxylation sites is 1. The minimum atomic E-state index is 0.509. The molecule has 1 saturated heterocycles. The maximum absolute atomic E-state index is 5.93. The van der Waals surface area contributed by atoms with Crippen molar-refractivity contribution < 1.29 is 4.42 Å². The van der Waals surface area contributed by atoms with Gasteiger partial charge in [0.2, 0.25) is 11.8 Å². The van der Waals surface area contributed by atoms with Crippen LogP contribution in [0, 0.1) is 6.92 Å². The molecule has 3 aromatic rings. The molecule has 0 atom stereocenters. The molecule has 0 spiro atoms. The van der Waals surface area contributed by atoms with Crippen molar-refractivity contribution in [1.29, 1.82) is 0 Å². The van der Waals surface area contributed by atoms with Gasteiger partial charge in [-0.1, -0.05) is 29.8 Å². The van der Waals surface area contributed by atoms with Crippen molar-refractivity contribution in [2.75, 3.05) is 18.4 Å². The van der Waals surface area contributed by atoms with Gasteiger partial charge in [-0.3, -0.25) is 4.90 Å². The minimum absolute atomic E-state index is 0.509. The zero-order valence-corrected chi connectivity index (χ0v) is 16.1. The number of hydrogen-bond donors (Lipinski definition) is 1. The van der Waals surface area contributed by atoms with Gasteiger partial charge in [0.1, 0.15) is 0 Å². The molecule has 0 saturated carbocycles. The van der Waals surface area contributed by atoms with E-state index in [1.54, 1.807) is 0 Å². The summed E-state index contributed by atoms with van der Waals surface area (Å²) >= 11 is 5.93. The fourth-order valence-corrected chi connectivity index (χ4v) is 3.53. The van der Waals surface area contributed by atoms with Gasteiger partial charge in [-0.2, -0.15) is 0 Å². The zero-order valence-electron chi connectivity index (χ0n) is 15.4. The predicted molar refractivity (Wildman–Crippen MR) is 108 cm³/mol. The number of rotatable bonds is 5. The molecule has 2 heterocycles. The van der Waals surface area contributed by atoms with Crippen LogP contribution < -0.4 is 5.32 Å². The Bertz CT molecular complexity index is 885. The van der Waals surface area contributed by atoms with E-state index in [9.17, 15) is 0 Å². The summed E-state index contributed by atoms with van der Waals surface area (Å²) in [4.78, 5) is 2.37. The smallest absolute Gasteiger partial charge is 0.247 e. The Morgan fingerprint density at radius 1 is 1.07 bits per heavy atom. The summed E-state index contributed by atoms with van der Waals surface area (Å²) in [6.07, 6.45) is 2.21. The van der Waals surface area contributed by atoms with Gasteiger partial charge in [-0.05, 0) is 55.7 Å². The quantitative estimate of drug-likeness (QED) is 0.688. The third-order valence-corrected chi connectivity index (χ3v) is 5.26. The molecule has 0 unspecified atom stereocenters. The standard InChI is InChI=1S/C21H23ClN4O/c1-15-4-2-3-5-19(15)23-18-10-12-26(13-11-18)14-20-24-25-21(27-20)16-6-8-17(22)9-7-16/h2-9,18,23H,10-14H2,1H3. The molecular formula is C21H23ClN4O. The highest BCUT2D eigenvalue weighted by Gasteiger charge is 2.21. The second-order valence-corrected chi connectivity index (χ2v) is 7.45. The van der Waals surface area contributed by atoms with Gasteiger partial charge < -0.3 is 9.73 Å². The third-order valence-electron chi connectivity index (χ3n) is 5.01. The highest BCUT2D eigenvalue weighted by molar-refractivity contribution is 6.30. The molecule has 140 valence electrons. The van der Waals surface area contributed by atoms with Crippen molar-refractivity contribution in [3.8, 4) is 11.5 Å². The minimum Gasteiger partial charge on any atom is -0.419 e. The molecule has 5 nitrogen and oxygen atoms in total. The Balaban J connectivity index is 1.31. The van der Waals surface area contributed by atoms with E-state index in [1.165, 1.54) is 11.3 Å². The lowest BCUT2D eigenvalue weighted by Crippen LogP contribution is -2.38. The van der Waals surface area contributed by atoms with Crippen LogP contribution >= 0.6 is 11.6 Å². The van der Waals surface area contributed by atoms with E-state index >= 15 is 0 Å². The monoisotopic (exact) mass is 382 g/mol. The predicted octanol–water partition coefficient (Wildman–Crippen LogP) is 4.77. The van der Waals surface area contributed by atoms with Crippen molar-refractivity contribution >= 4 is 17.3 Å². The van der Waals surface area contributed by atoms with Crippen molar-refractivity contribution in [3.63, 3.8) is 0 Å². The number of aryl methyl sites for hydroxylation is 1. The average molecular weight is 383 g/mol. The maximum Gasteiger partial charge on any atom is 0.247 e. The Morgan fingerprint density at radius 3 is 2.56 bits per heavy atom. The van der Waals surface area contributed by atoms with Gasteiger partial charge in [0.15, 0.2) is 0 Å². The first-order chi connectivity index (χ1) is 13.2. The summed E-state index contributed by atoms with van der Waals surface area (Å²) in [5.74, 6) is 1.20. The molecule has 1 aromatic heterocycles. The van der Waals surface area contributed by atoms with Crippen molar-refractivity contribution in [2.24, 2.45) is 0 Å². The van der Waals surface area contributed by atoms with Crippen LogP contribution in [0.15, 0.2) is 52.9 Å². The first-order valence-corrected chi connectivity index (χ1v) is 9.68. The zero-order chi connectivity index (χ0) is 18.6. The van der Waals surface area contributed by atoms with Crippen molar-refractivity contribution in [1.82, 2.24) is 15.1 Å². The molecule has 4 rings (SSSR count). The van der Waals surface area contributed by atoms with Crippen LogP contribution in [0.1, 0.15) is 24.3 Å². The molecule has 1 aliphatic rings. The lowest BCUT2D eigenvalue weighted by molar-refractivity contribution is 0.194. The number of likely N-dealkylation sites (tertiary alicyclic amines) is 1. The number of anilines is 1. The Hall–Kier alpha value is -2.37. The average Bonchev–Trinajstić information content (AvgIpc) is 3.14. The molecule has 6 heteroatoms. The van der Waals surface area contributed by atoms with Crippen LogP contribution in [0.25, 0.3) is 11.5 Å². The van der Waals surface area contributed by atoms with Gasteiger partial charge in [-0.25, -0.2) is 0 Å². The highest BCUT2D eigenvalue weighted by atomic mass is 35.5. The summed E-state index contributed by atoms with van der Waals surface area (Å²) in [6.45, 7) is 4.87. The third kappa shape index (κ3) is 4.49. The summed E-state index contributed by atoms with van der Waals surface area (Å²) < 4.78 is 5.83. The largest absolute Gasteiger partial charge is 0.419 e. The second-order valence-electron chi connectivity index (χ2n) is 7.02. The van der Waals surface area contributed by atoms with Crippen molar-refractivity contribution in [3.05, 3.63) is 65.0 Å². The molecule has 1 fully saturated rings. The molecule has 0 bridgehead atoms. The lowest BCUT2D eigenvalue weighted by Gasteiger charge is -2.32. The van der Waals surface area contributed by atoms with E-state index in [4.69, 9.17) is 16.0 Å². The van der Waals surface area contributed by atoms with Crippen LogP contribution in [-0.2, 0) is 6.54 Å². The first kappa shape index (κ1) is 18.0. The maximum atomic E-state index is 5.93. The van der Waals surface area contributed by atoms with Crippen LogP contribution in [0.2, 0.25) is 5.02 Å². The van der Waals surface area contributed by atoms with Crippen LogP contribution in [-0.4, -0.2) is 34.2 Å². The lowest BCUT2D eigenvalue weighted by atomic mass is 10.0. The first-order valence-electron chi connectivity index (χ1n) is 9.30. The number of halogens is 1. The van der Waals surface area contributed by atoms with Crippen LogP contribution in [0.5, 0.6) is 0 Å². The van der Waals surface area contributed by atoms with E-state index in [0.717, 1.165) is 31.5 Å². The van der Waals surface area contributed by atoms with Gasteiger partial charge in [0.25, 0.3) is 0 Å². The second kappa shape index (κ2) is 8.11. The Labute approximate surface area is 164 Å². The number of benzene rings is 2. The number of nitrogens with zero attached hydrogens (tertiary/aromatic N) is 3. The van der Waals surface area contributed by atoms with Gasteiger partial charge in [0.05, 0.1) is 6.54 Å². The number of piperidine rings is 1. The molecule has 0 radical (unpaired) electrons. The molecule has 27 heavy (non-hydrogen) atoms. The number of hydrogen-bond acceptors (Lipinski definition) is 5. The highest BCUT2D eigenvalue weighted by Crippen LogP contribution is 2.23. The van der Waals surface area contributed by atoms with Crippen LogP contribution in [0.3, 0.4) is 0 Å². The summed E-state index contributed by atoms with van der Waals surface area (Å²) in [6, 6.07) is 16.4. The van der Waals surface area contributed by atoms with Crippen molar-refractivity contribution in [2.45, 2.75) is 32.4 Å². The molecule has 0 amide bonds.